The predicted molar refractivity (Wildman–Crippen MR) is 101 cm³/mol. The van der Waals surface area contributed by atoms with Crippen molar-refractivity contribution in [1.82, 2.24) is 15.2 Å². The van der Waals surface area contributed by atoms with Crippen LogP contribution in [0.5, 0.6) is 0 Å². The molecule has 0 aliphatic rings. The van der Waals surface area contributed by atoms with Crippen LogP contribution in [0.4, 0.5) is 5.69 Å². The van der Waals surface area contributed by atoms with Gasteiger partial charge in [0.25, 0.3) is 0 Å². The number of carbonyl (C=O) groups is 1. The number of aryl methyl sites for hydroxylation is 2. The van der Waals surface area contributed by atoms with Crippen LogP contribution < -0.4 is 5.32 Å². The molecule has 2 aromatic heterocycles. The lowest BCUT2D eigenvalue weighted by atomic mass is 10.1. The van der Waals surface area contributed by atoms with Gasteiger partial charge in [0.15, 0.2) is 0 Å². The second-order valence-electron chi connectivity index (χ2n) is 5.65. The summed E-state index contributed by atoms with van der Waals surface area (Å²) < 4.78 is 0. The minimum Gasteiger partial charge on any atom is -0.325 e. The van der Waals surface area contributed by atoms with E-state index in [9.17, 15) is 4.79 Å². The maximum absolute atomic E-state index is 12.2. The smallest absolute Gasteiger partial charge is 0.234 e. The van der Waals surface area contributed by atoms with Crippen molar-refractivity contribution in [2.75, 3.05) is 11.1 Å². The first-order valence-corrected chi connectivity index (χ1v) is 8.84. The van der Waals surface area contributed by atoms with Gasteiger partial charge in [-0.15, -0.1) is 10.2 Å². The van der Waals surface area contributed by atoms with E-state index < -0.39 is 0 Å². The number of anilines is 1. The molecule has 0 unspecified atom stereocenters. The highest BCUT2D eigenvalue weighted by molar-refractivity contribution is 7.99. The van der Waals surface area contributed by atoms with Crippen molar-refractivity contribution in [3.63, 3.8) is 0 Å². The van der Waals surface area contributed by atoms with E-state index in [0.29, 0.717) is 5.03 Å². The first kappa shape index (κ1) is 17.1. The molecule has 1 aromatic carbocycles. The van der Waals surface area contributed by atoms with Gasteiger partial charge in [-0.05, 0) is 55.3 Å². The molecular formula is C19H18N4OS. The molecule has 0 spiro atoms. The number of nitrogens with one attached hydrogen (secondary N) is 1. The summed E-state index contributed by atoms with van der Waals surface area (Å²) in [5.41, 5.74) is 4.76. The lowest BCUT2D eigenvalue weighted by molar-refractivity contribution is -0.113. The normalized spacial score (nSPS) is 10.5. The largest absolute Gasteiger partial charge is 0.325 e. The molecule has 1 amide bonds. The summed E-state index contributed by atoms with van der Waals surface area (Å²) in [5.74, 6) is 0.232. The Morgan fingerprint density at radius 1 is 1.04 bits per heavy atom. The summed E-state index contributed by atoms with van der Waals surface area (Å²) in [6, 6.07) is 13.5. The van der Waals surface area contributed by atoms with Crippen LogP contribution in [0.2, 0.25) is 0 Å². The quantitative estimate of drug-likeness (QED) is 0.707. The van der Waals surface area contributed by atoms with E-state index in [4.69, 9.17) is 0 Å². The maximum Gasteiger partial charge on any atom is 0.234 e. The Balaban J connectivity index is 1.58. The third-order valence-electron chi connectivity index (χ3n) is 3.63. The SMILES string of the molecule is Cc1ccc(C)c(NC(=O)CSc2ccc(-c3ccncc3)nn2)c1. The maximum atomic E-state index is 12.2. The minimum absolute atomic E-state index is 0.0567. The summed E-state index contributed by atoms with van der Waals surface area (Å²) in [5, 5.41) is 12.0. The van der Waals surface area contributed by atoms with Gasteiger partial charge in [0.1, 0.15) is 5.03 Å². The predicted octanol–water partition coefficient (Wildman–Crippen LogP) is 3.89. The van der Waals surface area contributed by atoms with Crippen LogP contribution in [-0.4, -0.2) is 26.8 Å². The molecular weight excluding hydrogens is 332 g/mol. The number of aromatic nitrogens is 3. The fourth-order valence-electron chi connectivity index (χ4n) is 2.27. The van der Waals surface area contributed by atoms with Gasteiger partial charge in [-0.3, -0.25) is 9.78 Å². The molecule has 0 bridgehead atoms. The molecule has 25 heavy (non-hydrogen) atoms. The summed E-state index contributed by atoms with van der Waals surface area (Å²) in [6.07, 6.45) is 3.44. The number of carbonyl (C=O) groups excluding carboxylic acids is 1. The minimum atomic E-state index is -0.0567. The van der Waals surface area contributed by atoms with E-state index in [2.05, 4.69) is 20.5 Å². The molecule has 0 radical (unpaired) electrons. The van der Waals surface area contributed by atoms with Crippen molar-refractivity contribution in [2.24, 2.45) is 0 Å². The molecule has 0 saturated carbocycles. The fourth-order valence-corrected chi connectivity index (χ4v) is 2.88. The Bertz CT molecular complexity index is 866. The highest BCUT2D eigenvalue weighted by atomic mass is 32.2. The summed E-state index contributed by atoms with van der Waals surface area (Å²) >= 11 is 1.36. The third-order valence-corrected chi connectivity index (χ3v) is 4.55. The number of pyridine rings is 1. The summed E-state index contributed by atoms with van der Waals surface area (Å²) in [4.78, 5) is 16.1. The number of rotatable bonds is 5. The van der Waals surface area contributed by atoms with Crippen LogP contribution in [0, 0.1) is 13.8 Å². The molecule has 3 aromatic rings. The second-order valence-corrected chi connectivity index (χ2v) is 6.64. The van der Waals surface area contributed by atoms with Gasteiger partial charge < -0.3 is 5.32 Å². The first-order valence-electron chi connectivity index (χ1n) is 7.86. The molecule has 3 rings (SSSR count). The Labute approximate surface area is 150 Å². The molecule has 0 saturated heterocycles. The molecule has 2 heterocycles. The van der Waals surface area contributed by atoms with Crippen LogP contribution >= 0.6 is 11.8 Å². The van der Waals surface area contributed by atoms with E-state index in [1.54, 1.807) is 12.4 Å². The number of thioether (sulfide) groups is 1. The van der Waals surface area contributed by atoms with Gasteiger partial charge in [0.2, 0.25) is 5.91 Å². The zero-order chi connectivity index (χ0) is 17.6. The average molecular weight is 350 g/mol. The fraction of sp³-hybridized carbons (Fsp3) is 0.158. The Morgan fingerprint density at radius 3 is 2.56 bits per heavy atom. The molecule has 0 aliphatic carbocycles. The second kappa shape index (κ2) is 7.90. The Morgan fingerprint density at radius 2 is 1.84 bits per heavy atom. The molecule has 126 valence electrons. The average Bonchev–Trinajstić information content (AvgIpc) is 2.64. The number of nitrogens with zero attached hydrogens (tertiary/aromatic N) is 3. The molecule has 0 fully saturated rings. The molecule has 6 heteroatoms. The van der Waals surface area contributed by atoms with E-state index >= 15 is 0 Å². The molecule has 0 aliphatic heterocycles. The van der Waals surface area contributed by atoms with Crippen LogP contribution in [0.1, 0.15) is 11.1 Å². The zero-order valence-corrected chi connectivity index (χ0v) is 14.9. The number of hydrogen-bond donors (Lipinski definition) is 1. The lowest BCUT2D eigenvalue weighted by Crippen LogP contribution is -2.15. The van der Waals surface area contributed by atoms with Crippen LogP contribution in [-0.2, 0) is 4.79 Å². The first-order chi connectivity index (χ1) is 12.1. The lowest BCUT2D eigenvalue weighted by Gasteiger charge is -2.09. The van der Waals surface area contributed by atoms with Crippen molar-refractivity contribution in [2.45, 2.75) is 18.9 Å². The van der Waals surface area contributed by atoms with Crippen molar-refractivity contribution < 1.29 is 4.79 Å². The number of hydrogen-bond acceptors (Lipinski definition) is 5. The monoisotopic (exact) mass is 350 g/mol. The summed E-state index contributed by atoms with van der Waals surface area (Å²) in [7, 11) is 0. The van der Waals surface area contributed by atoms with E-state index in [0.717, 1.165) is 28.1 Å². The highest BCUT2D eigenvalue weighted by Crippen LogP contribution is 2.20. The van der Waals surface area contributed by atoms with Crippen molar-refractivity contribution in [3.8, 4) is 11.3 Å². The van der Waals surface area contributed by atoms with Gasteiger partial charge in [-0.1, -0.05) is 23.9 Å². The molecule has 1 N–H and O–H groups in total. The van der Waals surface area contributed by atoms with Gasteiger partial charge in [-0.25, -0.2) is 0 Å². The Kier molecular flexibility index (Phi) is 5.40. The van der Waals surface area contributed by atoms with Crippen molar-refractivity contribution in [3.05, 3.63) is 66.0 Å². The molecule has 5 nitrogen and oxygen atoms in total. The van der Waals surface area contributed by atoms with Gasteiger partial charge in [-0.2, -0.15) is 0 Å². The molecule has 0 atom stereocenters. The van der Waals surface area contributed by atoms with Gasteiger partial charge >= 0.3 is 0 Å². The Hall–Kier alpha value is -2.73. The van der Waals surface area contributed by atoms with Crippen molar-refractivity contribution >= 4 is 23.4 Å². The van der Waals surface area contributed by atoms with Crippen molar-refractivity contribution in [1.29, 1.82) is 0 Å². The number of benzene rings is 1. The highest BCUT2D eigenvalue weighted by Gasteiger charge is 2.08. The van der Waals surface area contributed by atoms with Crippen LogP contribution in [0.3, 0.4) is 0 Å². The van der Waals surface area contributed by atoms with Gasteiger partial charge in [0, 0.05) is 23.6 Å². The topological polar surface area (TPSA) is 67.8 Å². The summed E-state index contributed by atoms with van der Waals surface area (Å²) in [6.45, 7) is 3.98. The standard InChI is InChI=1S/C19H18N4OS/c1-13-3-4-14(2)17(11-13)21-18(24)12-25-19-6-5-16(22-23-19)15-7-9-20-10-8-15/h3-11H,12H2,1-2H3,(H,21,24). The van der Waals surface area contributed by atoms with E-state index in [1.807, 2.05) is 56.3 Å². The van der Waals surface area contributed by atoms with Gasteiger partial charge in [0.05, 0.1) is 11.4 Å². The number of amides is 1. The third kappa shape index (κ3) is 4.64. The van der Waals surface area contributed by atoms with E-state index in [-0.39, 0.29) is 11.7 Å². The van der Waals surface area contributed by atoms with Crippen LogP contribution in [0.15, 0.2) is 59.9 Å². The van der Waals surface area contributed by atoms with Crippen LogP contribution in [0.25, 0.3) is 11.3 Å². The zero-order valence-electron chi connectivity index (χ0n) is 14.1. The van der Waals surface area contributed by atoms with E-state index in [1.165, 1.54) is 11.8 Å².